The first-order valence-corrected chi connectivity index (χ1v) is 25.1. The molecule has 2 atom stereocenters. The maximum absolute atomic E-state index is 12.3. The van der Waals surface area contributed by atoms with Crippen molar-refractivity contribution in [1.29, 1.82) is 0 Å². The quantitative estimate of drug-likeness (QED) is 0.0738. The predicted molar refractivity (Wildman–Crippen MR) is 239 cm³/mol. The number of nitrogens with one attached hydrogen (secondary N) is 4. The van der Waals surface area contributed by atoms with Gasteiger partial charge in [-0.25, -0.2) is 36.2 Å². The zero-order valence-corrected chi connectivity index (χ0v) is 37.5. The van der Waals surface area contributed by atoms with Gasteiger partial charge < -0.3 is 10.6 Å². The van der Waals surface area contributed by atoms with E-state index in [1.807, 2.05) is 24.3 Å². The third-order valence-corrected chi connectivity index (χ3v) is 15.8. The molecule has 316 valence electrons. The topological polar surface area (TPSA) is 168 Å². The minimum absolute atomic E-state index is 0.186. The number of rotatable bonds is 16. The molecule has 0 saturated heterocycles. The minimum atomic E-state index is -3.51. The highest BCUT2D eigenvalue weighted by Gasteiger charge is 2.26. The third kappa shape index (κ3) is 12.2. The lowest BCUT2D eigenvalue weighted by atomic mass is 9.99. The highest BCUT2D eigenvalue weighted by atomic mass is 35.5. The molecular weight excluding hydrogens is 880 g/mol. The van der Waals surface area contributed by atoms with Crippen molar-refractivity contribution in [2.75, 3.05) is 26.2 Å². The van der Waals surface area contributed by atoms with Crippen molar-refractivity contribution in [3.05, 3.63) is 150 Å². The summed E-state index contributed by atoms with van der Waals surface area (Å²) in [5.74, 6) is 0. The highest BCUT2D eigenvalue weighted by Crippen LogP contribution is 2.32. The van der Waals surface area contributed by atoms with E-state index in [9.17, 15) is 16.8 Å². The van der Waals surface area contributed by atoms with Crippen molar-refractivity contribution in [2.45, 2.75) is 73.2 Å². The molecule has 6 heterocycles. The van der Waals surface area contributed by atoms with E-state index < -0.39 is 20.0 Å². The number of sulfonamides is 2. The van der Waals surface area contributed by atoms with Crippen molar-refractivity contribution < 1.29 is 16.8 Å². The Kier molecular flexibility index (Phi) is 15.5. The summed E-state index contributed by atoms with van der Waals surface area (Å²) in [5, 5.41) is 10.7. The molecular formula is C42H46Cl2N8O4S4. The molecule has 4 aromatic heterocycles. The van der Waals surface area contributed by atoms with Gasteiger partial charge in [-0.05, 0) is 98.2 Å². The van der Waals surface area contributed by atoms with Crippen LogP contribution >= 0.6 is 45.9 Å². The summed E-state index contributed by atoms with van der Waals surface area (Å²) < 4.78 is 54.4. The summed E-state index contributed by atoms with van der Waals surface area (Å²) in [5.41, 5.74) is 4.72. The van der Waals surface area contributed by atoms with Gasteiger partial charge in [-0.3, -0.25) is 9.97 Å². The van der Waals surface area contributed by atoms with Crippen LogP contribution in [-0.4, -0.2) is 63.0 Å². The lowest BCUT2D eigenvalue weighted by Gasteiger charge is -2.23. The van der Waals surface area contributed by atoms with Gasteiger partial charge in [0.1, 0.15) is 4.90 Å². The molecule has 0 fully saturated rings. The monoisotopic (exact) mass is 924 g/mol. The van der Waals surface area contributed by atoms with Gasteiger partial charge in [-0.2, -0.15) is 0 Å². The second-order valence-electron chi connectivity index (χ2n) is 14.4. The van der Waals surface area contributed by atoms with Crippen LogP contribution < -0.4 is 20.1 Å². The van der Waals surface area contributed by atoms with E-state index in [0.29, 0.717) is 25.9 Å². The molecule has 0 aliphatic carbocycles. The van der Waals surface area contributed by atoms with Crippen LogP contribution in [0.1, 0.15) is 67.2 Å². The van der Waals surface area contributed by atoms with E-state index in [-0.39, 0.29) is 21.9 Å². The van der Waals surface area contributed by atoms with Gasteiger partial charge in [0.15, 0.2) is 0 Å². The van der Waals surface area contributed by atoms with Crippen molar-refractivity contribution in [2.24, 2.45) is 0 Å². The van der Waals surface area contributed by atoms with Crippen molar-refractivity contribution >= 4 is 65.9 Å². The van der Waals surface area contributed by atoms with E-state index in [1.54, 1.807) is 34.9 Å². The Morgan fingerprint density at radius 1 is 0.617 bits per heavy atom. The molecule has 0 amide bonds. The molecule has 2 unspecified atom stereocenters. The lowest BCUT2D eigenvalue weighted by molar-refractivity contribution is 0.494. The lowest BCUT2D eigenvalue weighted by Crippen LogP contribution is -2.30. The zero-order chi connectivity index (χ0) is 42.0. The maximum atomic E-state index is 12.3. The Bertz CT molecular complexity index is 2350. The van der Waals surface area contributed by atoms with Crippen LogP contribution in [0.3, 0.4) is 0 Å². The van der Waals surface area contributed by atoms with Crippen LogP contribution in [0.25, 0.3) is 0 Å². The van der Waals surface area contributed by atoms with Gasteiger partial charge in [-0.15, -0.1) is 22.7 Å². The first-order valence-electron chi connectivity index (χ1n) is 19.7. The number of halogens is 2. The molecule has 0 radical (unpaired) electrons. The van der Waals surface area contributed by atoms with Crippen LogP contribution in [0.15, 0.2) is 107 Å². The van der Waals surface area contributed by atoms with Crippen molar-refractivity contribution in [3.8, 4) is 0 Å². The van der Waals surface area contributed by atoms with E-state index in [2.05, 4.69) is 54.3 Å². The number of hydrogen-bond acceptors (Lipinski definition) is 12. The zero-order valence-electron chi connectivity index (χ0n) is 32.7. The van der Waals surface area contributed by atoms with Crippen LogP contribution in [0, 0.1) is 0 Å². The SMILES string of the molecule is O=S(=O)(NCCCc1nc2c(s1)CCNC2Cc1ccc(Cl)cc1)c1cccnc1.O=S(=O)(NCCCc1nc2c(s1)CCNC2Cc1ccc(Cl)cc1)c1ccncc1. The van der Waals surface area contributed by atoms with Crippen LogP contribution in [0.4, 0.5) is 0 Å². The standard InChI is InChI=1S/2C21H23ClN4O2S2/c22-16-7-5-15(6-8-16)13-18-21-19(9-12-24-18)29-20(26-21)4-2-11-25-30(27,28)17-3-1-10-23-14-17;22-16-5-3-15(4-6-16)14-18-21-19(9-13-24-18)29-20(26-21)2-1-10-25-30(27,28)17-7-11-23-12-8-17/h1,3,5-8,10,14,18,24-25H,2,4,9,11-13H2;3-8,11-12,18,24-25H,1-2,9-10,13-14H2. The molecule has 4 N–H and O–H groups in total. The smallest absolute Gasteiger partial charge is 0.242 e. The Balaban J connectivity index is 0.000000181. The van der Waals surface area contributed by atoms with Crippen molar-refractivity contribution in [3.63, 3.8) is 0 Å². The summed E-state index contributed by atoms with van der Waals surface area (Å²) >= 11 is 15.5. The molecule has 12 nitrogen and oxygen atoms in total. The van der Waals surface area contributed by atoms with E-state index in [4.69, 9.17) is 33.2 Å². The summed E-state index contributed by atoms with van der Waals surface area (Å²) in [6.45, 7) is 2.63. The molecule has 0 bridgehead atoms. The fraction of sp³-hybridized carbons (Fsp3) is 0.333. The number of fused-ring (bicyclic) bond motifs is 2. The molecule has 0 saturated carbocycles. The van der Waals surface area contributed by atoms with Crippen molar-refractivity contribution in [1.82, 2.24) is 40.0 Å². The summed E-state index contributed by atoms with van der Waals surface area (Å²) in [6.07, 6.45) is 12.5. The maximum Gasteiger partial charge on any atom is 0.242 e. The molecule has 0 spiro atoms. The Morgan fingerprint density at radius 2 is 1.10 bits per heavy atom. The minimum Gasteiger partial charge on any atom is -0.308 e. The van der Waals surface area contributed by atoms with Gasteiger partial charge in [0.25, 0.3) is 0 Å². The van der Waals surface area contributed by atoms with Gasteiger partial charge >= 0.3 is 0 Å². The average Bonchev–Trinajstić information content (AvgIpc) is 3.89. The van der Waals surface area contributed by atoms with Gasteiger partial charge in [0.2, 0.25) is 20.0 Å². The number of aryl methyl sites for hydroxylation is 2. The first-order chi connectivity index (χ1) is 29.0. The number of nitrogens with zero attached hydrogens (tertiary/aromatic N) is 4. The Labute approximate surface area is 369 Å². The number of pyridine rings is 2. The van der Waals surface area contributed by atoms with E-state index in [0.717, 1.165) is 83.1 Å². The third-order valence-electron chi connectivity index (χ3n) is 10.0. The fourth-order valence-electron chi connectivity index (χ4n) is 6.99. The number of benzene rings is 2. The molecule has 2 aliphatic heterocycles. The number of thiazole rings is 2. The largest absolute Gasteiger partial charge is 0.308 e. The molecule has 60 heavy (non-hydrogen) atoms. The fourth-order valence-corrected chi connectivity index (χ4v) is 11.7. The number of hydrogen-bond donors (Lipinski definition) is 4. The number of aromatic nitrogens is 4. The summed E-state index contributed by atoms with van der Waals surface area (Å²) in [6, 6.07) is 22.4. The highest BCUT2D eigenvalue weighted by molar-refractivity contribution is 7.89. The average molecular weight is 926 g/mol. The van der Waals surface area contributed by atoms with Crippen LogP contribution in [0.5, 0.6) is 0 Å². The molecule has 6 aromatic rings. The van der Waals surface area contributed by atoms with Crippen LogP contribution in [-0.2, 0) is 58.6 Å². The van der Waals surface area contributed by atoms with Crippen LogP contribution in [0.2, 0.25) is 10.0 Å². The molecule has 2 aromatic carbocycles. The first kappa shape index (κ1) is 44.4. The Morgan fingerprint density at radius 3 is 1.57 bits per heavy atom. The van der Waals surface area contributed by atoms with E-state index >= 15 is 0 Å². The molecule has 18 heteroatoms. The summed E-state index contributed by atoms with van der Waals surface area (Å²) in [7, 11) is -7.00. The normalized spacial score (nSPS) is 16.4. The van der Waals surface area contributed by atoms with Gasteiger partial charge in [-0.1, -0.05) is 47.5 Å². The predicted octanol–water partition coefficient (Wildman–Crippen LogP) is 7.06. The van der Waals surface area contributed by atoms with Gasteiger partial charge in [0, 0.05) is 83.6 Å². The molecule has 8 rings (SSSR count). The second kappa shape index (κ2) is 20.9. The summed E-state index contributed by atoms with van der Waals surface area (Å²) in [4.78, 5) is 20.6. The molecule has 2 aliphatic rings. The Hall–Kier alpha value is -3.68. The second-order valence-corrected chi connectivity index (χ2v) is 21.1. The van der Waals surface area contributed by atoms with Gasteiger partial charge in [0.05, 0.1) is 38.4 Å². The van der Waals surface area contributed by atoms with E-state index in [1.165, 1.54) is 57.7 Å².